The van der Waals surface area contributed by atoms with Gasteiger partial charge < -0.3 is 15.3 Å². The maximum atomic E-state index is 7.00. The Morgan fingerprint density at radius 3 is 0.529 bits per heavy atom. The second-order valence-corrected chi connectivity index (χ2v) is 3.12. The fourth-order valence-corrected chi connectivity index (χ4v) is 1.41. The molecule has 0 spiro atoms. The molecule has 1 aliphatic rings. The Hall–Kier alpha value is 0.594. The molecule has 0 aromatic carbocycles. The van der Waals surface area contributed by atoms with E-state index in [1.807, 2.05) is 0 Å². The van der Waals surface area contributed by atoms with Gasteiger partial charge in [-0.25, -0.2) is 0 Å². The molecule has 0 bridgehead atoms. The molecule has 5 radical (unpaired) electrons. The molecule has 3 N–H and O–H groups in total. The Morgan fingerprint density at radius 1 is 0.412 bits per heavy atom. The van der Waals surface area contributed by atoms with Crippen LogP contribution in [0, 0.1) is 29.6 Å². The Bertz CT molecular complexity index is 89.0. The molecule has 0 aromatic rings. The van der Waals surface area contributed by atoms with Gasteiger partial charge in [0.25, 0.3) is 0 Å². The molecular formula is C13H27O3Ti. The number of hydrogen-bond acceptors (Lipinski definition) is 3. The Kier molecular flexibility index (Phi) is 25.6. The average molecular weight is 279 g/mol. The molecule has 1 fully saturated rings. The van der Waals surface area contributed by atoms with Crippen LogP contribution in [0.1, 0.15) is 34.6 Å². The molecular weight excluding hydrogens is 252 g/mol. The molecule has 1 saturated carbocycles. The number of rotatable bonds is 0. The number of hydrogen-bond donors (Lipinski definition) is 3. The molecule has 4 heteroatoms. The zero-order valence-electron chi connectivity index (χ0n) is 12.3. The predicted octanol–water partition coefficient (Wildman–Crippen LogP) is 1.79. The van der Waals surface area contributed by atoms with Crippen molar-refractivity contribution in [1.29, 1.82) is 0 Å². The predicted molar refractivity (Wildman–Crippen MR) is 69.0 cm³/mol. The number of aliphatic hydroxyl groups excluding tert-OH is 3. The van der Waals surface area contributed by atoms with Crippen LogP contribution in [-0.4, -0.2) is 36.6 Å². The smallest absolute Gasteiger partial charge is 0.0319 e. The van der Waals surface area contributed by atoms with Gasteiger partial charge in [0.2, 0.25) is 0 Å². The molecule has 3 nitrogen and oxygen atoms in total. The van der Waals surface area contributed by atoms with Gasteiger partial charge >= 0.3 is 0 Å². The largest absolute Gasteiger partial charge is 0.400 e. The van der Waals surface area contributed by atoms with Gasteiger partial charge in [0.05, 0.1) is 0 Å². The second kappa shape index (κ2) is 16.6. The van der Waals surface area contributed by atoms with E-state index in [-0.39, 0.29) is 21.7 Å². The van der Waals surface area contributed by atoms with Crippen molar-refractivity contribution in [3.05, 3.63) is 29.6 Å². The summed E-state index contributed by atoms with van der Waals surface area (Å²) in [6.45, 7) is 11.0. The maximum Gasteiger partial charge on any atom is 0.0319 e. The van der Waals surface area contributed by atoms with E-state index in [0.29, 0.717) is 0 Å². The minimum Gasteiger partial charge on any atom is -0.400 e. The summed E-state index contributed by atoms with van der Waals surface area (Å²) in [6.07, 6.45) is 0. The molecule has 0 aliphatic heterocycles. The first kappa shape index (κ1) is 26.2. The Morgan fingerprint density at radius 2 is 0.471 bits per heavy atom. The van der Waals surface area contributed by atoms with Crippen molar-refractivity contribution >= 4 is 0 Å². The summed E-state index contributed by atoms with van der Waals surface area (Å²) < 4.78 is 0. The van der Waals surface area contributed by atoms with Crippen molar-refractivity contribution in [3.63, 3.8) is 0 Å². The molecule has 1 aliphatic carbocycles. The van der Waals surface area contributed by atoms with Crippen molar-refractivity contribution in [2.75, 3.05) is 21.3 Å². The van der Waals surface area contributed by atoms with E-state index in [0.717, 1.165) is 21.3 Å². The molecule has 17 heavy (non-hydrogen) atoms. The molecule has 0 aromatic heterocycles. The topological polar surface area (TPSA) is 60.7 Å². The third-order valence-corrected chi connectivity index (χ3v) is 2.81. The molecule has 0 amide bonds. The van der Waals surface area contributed by atoms with Crippen LogP contribution in [0.25, 0.3) is 0 Å². The van der Waals surface area contributed by atoms with E-state index in [9.17, 15) is 0 Å². The van der Waals surface area contributed by atoms with Crippen molar-refractivity contribution < 1.29 is 37.0 Å². The van der Waals surface area contributed by atoms with E-state index in [1.54, 1.807) is 0 Å². The zero-order valence-corrected chi connectivity index (χ0v) is 13.9. The summed E-state index contributed by atoms with van der Waals surface area (Å²) in [7, 11) is 3.00. The molecule has 1 rings (SSSR count). The van der Waals surface area contributed by atoms with Gasteiger partial charge in [-0.05, 0) is 29.6 Å². The fourth-order valence-electron chi connectivity index (χ4n) is 1.41. The molecule has 101 valence electrons. The normalized spacial score (nSPS) is 17.8. The zero-order chi connectivity index (χ0) is 13.9. The molecule has 0 saturated heterocycles. The quantitative estimate of drug-likeness (QED) is 0.592. The van der Waals surface area contributed by atoms with Crippen LogP contribution in [0.2, 0.25) is 0 Å². The van der Waals surface area contributed by atoms with Crippen LogP contribution >= 0.6 is 0 Å². The summed E-state index contributed by atoms with van der Waals surface area (Å²) in [6, 6.07) is 0. The minimum absolute atomic E-state index is 0. The first-order valence-electron chi connectivity index (χ1n) is 5.09. The summed E-state index contributed by atoms with van der Waals surface area (Å²) in [4.78, 5) is 0. The van der Waals surface area contributed by atoms with E-state index in [2.05, 4.69) is 34.6 Å². The van der Waals surface area contributed by atoms with Crippen LogP contribution in [0.4, 0.5) is 0 Å². The van der Waals surface area contributed by atoms with Crippen LogP contribution in [-0.2, 0) is 21.7 Å². The van der Waals surface area contributed by atoms with Crippen LogP contribution in [0.5, 0.6) is 0 Å². The van der Waals surface area contributed by atoms with Crippen molar-refractivity contribution in [1.82, 2.24) is 0 Å². The summed E-state index contributed by atoms with van der Waals surface area (Å²) in [5, 5.41) is 21.0. The van der Waals surface area contributed by atoms with Gasteiger partial charge in [0, 0.05) is 43.0 Å². The summed E-state index contributed by atoms with van der Waals surface area (Å²) in [5.74, 6) is 7.34. The fraction of sp³-hybridized carbons (Fsp3) is 0.615. The maximum absolute atomic E-state index is 7.00. The van der Waals surface area contributed by atoms with E-state index in [4.69, 9.17) is 15.3 Å². The van der Waals surface area contributed by atoms with Gasteiger partial charge in [0.1, 0.15) is 0 Å². The first-order valence-corrected chi connectivity index (χ1v) is 5.09. The standard InChI is InChI=1S/C10H15.3CH4O.Ti/c1-6-7(2)9(4)10(5)8(6)3;3*1-2;/h1-5H3;3*2H,1H3;. The van der Waals surface area contributed by atoms with Crippen molar-refractivity contribution in [2.24, 2.45) is 0 Å². The van der Waals surface area contributed by atoms with E-state index < -0.39 is 0 Å². The molecule has 0 heterocycles. The molecule has 0 atom stereocenters. The van der Waals surface area contributed by atoms with Crippen molar-refractivity contribution in [2.45, 2.75) is 34.6 Å². The summed E-state index contributed by atoms with van der Waals surface area (Å²) >= 11 is 0. The van der Waals surface area contributed by atoms with E-state index in [1.165, 1.54) is 29.6 Å². The van der Waals surface area contributed by atoms with Gasteiger partial charge in [-0.2, -0.15) is 0 Å². The molecule has 0 unspecified atom stereocenters. The second-order valence-electron chi connectivity index (χ2n) is 3.12. The van der Waals surface area contributed by atoms with Gasteiger partial charge in [0.15, 0.2) is 0 Å². The van der Waals surface area contributed by atoms with E-state index >= 15 is 0 Å². The summed E-state index contributed by atoms with van der Waals surface area (Å²) in [5.41, 5.74) is 0. The van der Waals surface area contributed by atoms with Crippen molar-refractivity contribution in [3.8, 4) is 0 Å². The Balaban J connectivity index is -0.000000106. The van der Waals surface area contributed by atoms with Crippen LogP contribution < -0.4 is 0 Å². The van der Waals surface area contributed by atoms with Gasteiger partial charge in [-0.3, -0.25) is 0 Å². The Labute approximate surface area is 123 Å². The van der Waals surface area contributed by atoms with Gasteiger partial charge in [-0.1, -0.05) is 34.6 Å². The average Bonchev–Trinajstić information content (AvgIpc) is 2.55. The van der Waals surface area contributed by atoms with Crippen LogP contribution in [0.15, 0.2) is 0 Å². The SMILES string of the molecule is CO.CO.CO.C[C]1[C](C)[C](C)[C](C)[C]1C.[Ti]. The third-order valence-electron chi connectivity index (χ3n) is 2.81. The number of aliphatic hydroxyl groups is 3. The van der Waals surface area contributed by atoms with Gasteiger partial charge in [-0.15, -0.1) is 0 Å². The first-order chi connectivity index (χ1) is 7.55. The minimum atomic E-state index is 0. The monoisotopic (exact) mass is 279 g/mol. The third kappa shape index (κ3) is 8.33. The van der Waals surface area contributed by atoms with Crippen LogP contribution in [0.3, 0.4) is 0 Å².